The fraction of sp³-hybridized carbons (Fsp3) is 0.222. The molecule has 0 atom stereocenters. The number of fused-ring (bicyclic) bond motifs is 3. The minimum atomic E-state index is -0.842. The standard InChI is InChI=1S/C27H23BrN2O5/c28-24-10-9-16(13-22(24)25(31)29-17-11-15(12-17)26(32)33)30-27(34)35-14-23-20-7-3-1-5-18(20)19-6-2-4-8-21(19)23/h1-10,13,15,17,23H,11-12,14H2,(H,29,31)(H,30,34)(H,32,33). The van der Waals surface area contributed by atoms with Crippen molar-refractivity contribution in [2.24, 2.45) is 5.92 Å². The number of halogens is 1. The molecule has 1 saturated carbocycles. The third-order valence-corrected chi connectivity index (χ3v) is 7.32. The van der Waals surface area contributed by atoms with Gasteiger partial charge in [0, 0.05) is 22.1 Å². The maximum Gasteiger partial charge on any atom is 0.411 e. The number of carboxylic acids is 1. The normalized spacial score (nSPS) is 18.1. The van der Waals surface area contributed by atoms with Gasteiger partial charge in [0.1, 0.15) is 6.61 Å². The molecule has 8 heteroatoms. The van der Waals surface area contributed by atoms with E-state index in [1.165, 1.54) is 0 Å². The number of carbonyl (C=O) groups is 3. The lowest BCUT2D eigenvalue weighted by molar-refractivity contribution is -0.145. The van der Waals surface area contributed by atoms with E-state index in [-0.39, 0.29) is 24.5 Å². The van der Waals surface area contributed by atoms with Crippen LogP contribution >= 0.6 is 15.9 Å². The molecule has 1 fully saturated rings. The Hall–Kier alpha value is -3.65. The van der Waals surface area contributed by atoms with Gasteiger partial charge in [0.25, 0.3) is 5.91 Å². The van der Waals surface area contributed by atoms with Crippen LogP contribution in [0.25, 0.3) is 11.1 Å². The molecular weight excluding hydrogens is 512 g/mol. The van der Waals surface area contributed by atoms with Gasteiger partial charge >= 0.3 is 12.1 Å². The highest BCUT2D eigenvalue weighted by molar-refractivity contribution is 9.10. The Morgan fingerprint density at radius 2 is 1.57 bits per heavy atom. The lowest BCUT2D eigenvalue weighted by atomic mass is 9.80. The Balaban J connectivity index is 1.22. The molecule has 0 saturated heterocycles. The van der Waals surface area contributed by atoms with Crippen LogP contribution in [-0.4, -0.2) is 35.7 Å². The van der Waals surface area contributed by atoms with E-state index in [1.54, 1.807) is 18.2 Å². The predicted octanol–water partition coefficient (Wildman–Crippen LogP) is 5.40. The number of aliphatic carboxylic acids is 1. The summed E-state index contributed by atoms with van der Waals surface area (Å²) in [7, 11) is 0. The Labute approximate surface area is 210 Å². The summed E-state index contributed by atoms with van der Waals surface area (Å²) in [6, 6.07) is 21.0. The van der Waals surface area contributed by atoms with E-state index in [4.69, 9.17) is 9.84 Å². The van der Waals surface area contributed by atoms with E-state index >= 15 is 0 Å². The minimum Gasteiger partial charge on any atom is -0.481 e. The van der Waals surface area contributed by atoms with Gasteiger partial charge in [-0.05, 0) is 69.2 Å². The van der Waals surface area contributed by atoms with E-state index in [0.717, 1.165) is 22.3 Å². The Kier molecular flexibility index (Phi) is 6.30. The van der Waals surface area contributed by atoms with Crippen molar-refractivity contribution < 1.29 is 24.2 Å². The number of anilines is 1. The number of carbonyl (C=O) groups excluding carboxylic acids is 2. The molecule has 7 nitrogen and oxygen atoms in total. The summed E-state index contributed by atoms with van der Waals surface area (Å²) < 4.78 is 6.15. The van der Waals surface area contributed by atoms with E-state index in [9.17, 15) is 14.4 Å². The first kappa shape index (κ1) is 23.1. The van der Waals surface area contributed by atoms with Crippen molar-refractivity contribution in [1.29, 1.82) is 0 Å². The lowest BCUT2D eigenvalue weighted by Crippen LogP contribution is -2.46. The summed E-state index contributed by atoms with van der Waals surface area (Å²) in [6.07, 6.45) is 0.219. The number of amides is 2. The molecule has 2 aliphatic carbocycles. The fourth-order valence-corrected chi connectivity index (χ4v) is 5.16. The van der Waals surface area contributed by atoms with Crippen molar-refractivity contribution in [2.45, 2.75) is 24.8 Å². The molecular formula is C27H23BrN2O5. The van der Waals surface area contributed by atoms with Crippen LogP contribution in [-0.2, 0) is 9.53 Å². The molecule has 0 unspecified atom stereocenters. The third-order valence-electron chi connectivity index (χ3n) is 6.62. The highest BCUT2D eigenvalue weighted by atomic mass is 79.9. The minimum absolute atomic E-state index is 0.0449. The fourth-order valence-electron chi connectivity index (χ4n) is 4.73. The summed E-state index contributed by atoms with van der Waals surface area (Å²) in [4.78, 5) is 36.2. The number of hydrogen-bond acceptors (Lipinski definition) is 4. The van der Waals surface area contributed by atoms with Gasteiger partial charge in [-0.3, -0.25) is 14.9 Å². The summed E-state index contributed by atoms with van der Waals surface area (Å²) in [5.41, 5.74) is 5.34. The van der Waals surface area contributed by atoms with Gasteiger partial charge in [0.05, 0.1) is 11.5 Å². The maximum atomic E-state index is 12.7. The van der Waals surface area contributed by atoms with Crippen molar-refractivity contribution in [2.75, 3.05) is 11.9 Å². The topological polar surface area (TPSA) is 105 Å². The van der Waals surface area contributed by atoms with Crippen LogP contribution in [0.3, 0.4) is 0 Å². The second-order valence-corrected chi connectivity index (χ2v) is 9.68. The van der Waals surface area contributed by atoms with Gasteiger partial charge < -0.3 is 15.2 Å². The molecule has 0 spiro atoms. The van der Waals surface area contributed by atoms with E-state index in [0.29, 0.717) is 28.6 Å². The predicted molar refractivity (Wildman–Crippen MR) is 134 cm³/mol. The summed E-state index contributed by atoms with van der Waals surface area (Å²) >= 11 is 3.37. The van der Waals surface area contributed by atoms with Crippen LogP contribution in [0.1, 0.15) is 40.2 Å². The molecule has 35 heavy (non-hydrogen) atoms. The zero-order valence-electron chi connectivity index (χ0n) is 18.7. The molecule has 0 aromatic heterocycles. The van der Waals surface area contributed by atoms with Crippen molar-refractivity contribution >= 4 is 39.6 Å². The zero-order chi connectivity index (χ0) is 24.5. The van der Waals surface area contributed by atoms with Crippen LogP contribution in [0.15, 0.2) is 71.2 Å². The molecule has 0 heterocycles. The number of nitrogens with one attached hydrogen (secondary N) is 2. The second-order valence-electron chi connectivity index (χ2n) is 8.82. The second kappa shape index (κ2) is 9.54. The van der Waals surface area contributed by atoms with E-state index in [2.05, 4.69) is 50.8 Å². The van der Waals surface area contributed by atoms with Crippen LogP contribution in [0.5, 0.6) is 0 Å². The van der Waals surface area contributed by atoms with Crippen molar-refractivity contribution in [3.05, 3.63) is 87.9 Å². The lowest BCUT2D eigenvalue weighted by Gasteiger charge is -2.32. The van der Waals surface area contributed by atoms with Gasteiger partial charge in [-0.15, -0.1) is 0 Å². The first-order valence-corrected chi connectivity index (χ1v) is 12.1. The van der Waals surface area contributed by atoms with Crippen LogP contribution in [0, 0.1) is 5.92 Å². The van der Waals surface area contributed by atoms with Gasteiger partial charge in [-0.2, -0.15) is 0 Å². The van der Waals surface area contributed by atoms with E-state index in [1.807, 2.05) is 24.3 Å². The average molecular weight is 535 g/mol. The largest absolute Gasteiger partial charge is 0.481 e. The Morgan fingerprint density at radius 1 is 0.943 bits per heavy atom. The van der Waals surface area contributed by atoms with Crippen molar-refractivity contribution in [1.82, 2.24) is 5.32 Å². The summed E-state index contributed by atoms with van der Waals surface area (Å²) in [5, 5.41) is 14.5. The maximum absolute atomic E-state index is 12.7. The quantitative estimate of drug-likeness (QED) is 0.392. The first-order valence-electron chi connectivity index (χ1n) is 11.4. The van der Waals surface area contributed by atoms with Crippen molar-refractivity contribution in [3.63, 3.8) is 0 Å². The molecule has 3 aromatic carbocycles. The van der Waals surface area contributed by atoms with Crippen LogP contribution in [0.2, 0.25) is 0 Å². The molecule has 0 aliphatic heterocycles. The zero-order valence-corrected chi connectivity index (χ0v) is 20.2. The SMILES string of the molecule is O=C(Nc1ccc(Br)c(C(=O)NC2CC(C(=O)O)C2)c1)OCC1c2ccccc2-c2ccccc21. The number of benzene rings is 3. The molecule has 0 radical (unpaired) electrons. The van der Waals surface area contributed by atoms with Crippen LogP contribution < -0.4 is 10.6 Å². The Morgan fingerprint density at radius 3 is 2.20 bits per heavy atom. The number of hydrogen-bond donors (Lipinski definition) is 3. The molecule has 2 amide bonds. The molecule has 3 aromatic rings. The Bertz CT molecular complexity index is 1270. The summed E-state index contributed by atoms with van der Waals surface area (Å²) in [6.45, 7) is 0.191. The molecule has 3 N–H and O–H groups in total. The first-order chi connectivity index (χ1) is 16.9. The molecule has 0 bridgehead atoms. The van der Waals surface area contributed by atoms with Gasteiger partial charge in [-0.1, -0.05) is 48.5 Å². The third kappa shape index (κ3) is 4.66. The highest BCUT2D eigenvalue weighted by Crippen LogP contribution is 2.44. The van der Waals surface area contributed by atoms with Gasteiger partial charge in [-0.25, -0.2) is 4.79 Å². The molecule has 5 rings (SSSR count). The monoisotopic (exact) mass is 534 g/mol. The number of ether oxygens (including phenoxy) is 1. The van der Waals surface area contributed by atoms with Gasteiger partial charge in [0.15, 0.2) is 0 Å². The van der Waals surface area contributed by atoms with E-state index < -0.39 is 18.0 Å². The highest BCUT2D eigenvalue weighted by Gasteiger charge is 2.35. The molecule has 178 valence electrons. The average Bonchev–Trinajstić information content (AvgIpc) is 3.14. The smallest absolute Gasteiger partial charge is 0.411 e. The van der Waals surface area contributed by atoms with Crippen LogP contribution in [0.4, 0.5) is 10.5 Å². The summed E-state index contributed by atoms with van der Waals surface area (Å²) in [5.74, 6) is -1.63. The molecule has 2 aliphatic rings. The number of carboxylic acid groups (broad SMARTS) is 1. The van der Waals surface area contributed by atoms with Gasteiger partial charge in [0.2, 0.25) is 0 Å². The number of rotatable bonds is 6. The van der Waals surface area contributed by atoms with Crippen molar-refractivity contribution in [3.8, 4) is 11.1 Å².